The van der Waals surface area contributed by atoms with Crippen molar-refractivity contribution in [3.05, 3.63) is 65.9 Å². The van der Waals surface area contributed by atoms with Gasteiger partial charge in [-0.2, -0.15) is 5.10 Å². The number of nitrogens with zero attached hydrogens (tertiary/aromatic N) is 2. The Morgan fingerprint density at radius 2 is 1.96 bits per heavy atom. The summed E-state index contributed by atoms with van der Waals surface area (Å²) in [5.74, 6) is 0.787. The predicted octanol–water partition coefficient (Wildman–Crippen LogP) is 3.26. The molecule has 146 valence electrons. The number of H-pyrrole nitrogens is 1. The molecule has 0 saturated heterocycles. The summed E-state index contributed by atoms with van der Waals surface area (Å²) in [7, 11) is -1.87. The minimum atomic E-state index is -3.50. The van der Waals surface area contributed by atoms with Crippen molar-refractivity contribution in [3.8, 4) is 17.0 Å². The maximum Gasteiger partial charge on any atom is 0.242 e. The Kier molecular flexibility index (Phi) is 5.19. The van der Waals surface area contributed by atoms with E-state index < -0.39 is 10.0 Å². The summed E-state index contributed by atoms with van der Waals surface area (Å²) in [6.07, 6.45) is 2.20. The fourth-order valence-corrected chi connectivity index (χ4v) is 4.62. The molecular weight excluding hydrogens is 374 g/mol. The maximum atomic E-state index is 12.8. The highest BCUT2D eigenvalue weighted by atomic mass is 32.2. The summed E-state index contributed by atoms with van der Waals surface area (Å²) in [6, 6.07) is 17.1. The van der Waals surface area contributed by atoms with Gasteiger partial charge in [0.25, 0.3) is 0 Å². The summed E-state index contributed by atoms with van der Waals surface area (Å²) in [4.78, 5) is 0.326. The molecule has 28 heavy (non-hydrogen) atoms. The summed E-state index contributed by atoms with van der Waals surface area (Å²) >= 11 is 0. The molecule has 0 aliphatic carbocycles. The van der Waals surface area contributed by atoms with Crippen LogP contribution >= 0.6 is 0 Å². The predicted molar refractivity (Wildman–Crippen MR) is 108 cm³/mol. The average molecular weight is 398 g/mol. The molecule has 1 aliphatic heterocycles. The molecule has 0 spiro atoms. The average Bonchev–Trinajstić information content (AvgIpc) is 3.37. The van der Waals surface area contributed by atoms with E-state index in [2.05, 4.69) is 10.2 Å². The van der Waals surface area contributed by atoms with Gasteiger partial charge in [-0.25, -0.2) is 12.7 Å². The van der Waals surface area contributed by atoms with Crippen molar-refractivity contribution in [1.29, 1.82) is 0 Å². The van der Waals surface area contributed by atoms with Gasteiger partial charge in [0.1, 0.15) is 5.75 Å². The van der Waals surface area contributed by atoms with Crippen LogP contribution in [0.5, 0.6) is 5.75 Å². The Morgan fingerprint density at radius 3 is 2.79 bits per heavy atom. The quantitative estimate of drug-likeness (QED) is 0.664. The summed E-state index contributed by atoms with van der Waals surface area (Å²) in [5, 5.41) is 7.39. The zero-order valence-electron chi connectivity index (χ0n) is 15.8. The third-order valence-corrected chi connectivity index (χ3v) is 6.84. The first-order valence-corrected chi connectivity index (χ1v) is 10.8. The van der Waals surface area contributed by atoms with Gasteiger partial charge in [0, 0.05) is 31.3 Å². The van der Waals surface area contributed by atoms with Crippen LogP contribution in [0, 0.1) is 0 Å². The first kappa shape index (κ1) is 18.7. The van der Waals surface area contributed by atoms with Gasteiger partial charge < -0.3 is 4.74 Å². The number of nitrogens with one attached hydrogen (secondary N) is 1. The van der Waals surface area contributed by atoms with Crippen LogP contribution in [0.2, 0.25) is 0 Å². The van der Waals surface area contributed by atoms with E-state index in [-0.39, 0.29) is 0 Å². The molecule has 0 unspecified atom stereocenters. The van der Waals surface area contributed by atoms with Crippen LogP contribution in [0.25, 0.3) is 11.3 Å². The normalized spacial score (nSPS) is 13.5. The lowest BCUT2D eigenvalue weighted by Gasteiger charge is -2.17. The number of sulfonamides is 1. The zero-order chi connectivity index (χ0) is 19.6. The smallest absolute Gasteiger partial charge is 0.242 e. The van der Waals surface area contributed by atoms with Gasteiger partial charge in [-0.15, -0.1) is 0 Å². The SMILES string of the molecule is CN(CCCc1cc(-c2ccccc2)n[nH]1)S(=O)(=O)c1ccc2c(c1)CCO2. The lowest BCUT2D eigenvalue weighted by atomic mass is 10.1. The highest BCUT2D eigenvalue weighted by molar-refractivity contribution is 7.89. The maximum absolute atomic E-state index is 12.8. The molecular formula is C21H23N3O3S. The Morgan fingerprint density at radius 1 is 1.14 bits per heavy atom. The monoisotopic (exact) mass is 397 g/mol. The molecule has 1 aliphatic rings. The summed E-state index contributed by atoms with van der Waals surface area (Å²) in [6.45, 7) is 1.05. The molecule has 1 aromatic heterocycles. The van der Waals surface area contributed by atoms with Crippen molar-refractivity contribution in [2.75, 3.05) is 20.2 Å². The van der Waals surface area contributed by atoms with E-state index in [4.69, 9.17) is 4.74 Å². The van der Waals surface area contributed by atoms with E-state index >= 15 is 0 Å². The van der Waals surface area contributed by atoms with E-state index in [1.165, 1.54) is 4.31 Å². The zero-order valence-corrected chi connectivity index (χ0v) is 16.6. The number of hydrogen-bond acceptors (Lipinski definition) is 4. The van der Waals surface area contributed by atoms with Gasteiger partial charge in [-0.1, -0.05) is 30.3 Å². The summed E-state index contributed by atoms with van der Waals surface area (Å²) in [5.41, 5.74) is 3.92. The molecule has 0 radical (unpaired) electrons. The molecule has 0 fully saturated rings. The lowest BCUT2D eigenvalue weighted by molar-refractivity contribution is 0.356. The number of rotatable bonds is 7. The third-order valence-electron chi connectivity index (χ3n) is 4.99. The van der Waals surface area contributed by atoms with Crippen molar-refractivity contribution < 1.29 is 13.2 Å². The molecule has 2 heterocycles. The lowest BCUT2D eigenvalue weighted by Crippen LogP contribution is -2.28. The molecule has 2 aromatic carbocycles. The molecule has 4 rings (SSSR count). The molecule has 3 aromatic rings. The number of aryl methyl sites for hydroxylation is 1. The van der Waals surface area contributed by atoms with Gasteiger partial charge in [0.2, 0.25) is 10.0 Å². The highest BCUT2D eigenvalue weighted by Gasteiger charge is 2.23. The van der Waals surface area contributed by atoms with Crippen LogP contribution in [-0.4, -0.2) is 43.1 Å². The van der Waals surface area contributed by atoms with Crippen molar-refractivity contribution >= 4 is 10.0 Å². The fraction of sp³-hybridized carbons (Fsp3) is 0.286. The van der Waals surface area contributed by atoms with Crippen LogP contribution in [0.15, 0.2) is 59.5 Å². The molecule has 0 atom stereocenters. The number of fused-ring (bicyclic) bond motifs is 1. The Bertz CT molecular complexity index is 1060. The van der Waals surface area contributed by atoms with E-state index in [1.54, 1.807) is 25.2 Å². The Hall–Kier alpha value is -2.64. The van der Waals surface area contributed by atoms with Crippen LogP contribution in [0.4, 0.5) is 0 Å². The molecule has 1 N–H and O–H groups in total. The van der Waals surface area contributed by atoms with Crippen molar-refractivity contribution in [2.45, 2.75) is 24.2 Å². The number of ether oxygens (including phenoxy) is 1. The van der Waals surface area contributed by atoms with Crippen molar-refractivity contribution in [2.24, 2.45) is 0 Å². The van der Waals surface area contributed by atoms with Crippen LogP contribution in [-0.2, 0) is 22.9 Å². The standard InChI is InChI=1S/C21H23N3O3S/c1-24(28(25,26)19-9-10-21-17(14-19)11-13-27-21)12-5-8-18-15-20(23-22-18)16-6-3-2-4-7-16/h2-4,6-7,9-10,14-15H,5,8,11-13H2,1H3,(H,22,23). The first-order chi connectivity index (χ1) is 13.5. The van der Waals surface area contributed by atoms with E-state index in [9.17, 15) is 8.42 Å². The van der Waals surface area contributed by atoms with Gasteiger partial charge in [0.05, 0.1) is 17.2 Å². The molecule has 0 bridgehead atoms. The number of hydrogen-bond donors (Lipinski definition) is 1. The molecule has 7 heteroatoms. The van der Waals surface area contributed by atoms with Gasteiger partial charge in [-0.3, -0.25) is 5.10 Å². The minimum absolute atomic E-state index is 0.326. The largest absolute Gasteiger partial charge is 0.493 e. The second kappa shape index (κ2) is 7.77. The number of aromatic amines is 1. The summed E-state index contributed by atoms with van der Waals surface area (Å²) < 4.78 is 32.5. The third kappa shape index (κ3) is 3.81. The van der Waals surface area contributed by atoms with Crippen molar-refractivity contribution in [3.63, 3.8) is 0 Å². The first-order valence-electron chi connectivity index (χ1n) is 9.36. The van der Waals surface area contributed by atoms with Crippen LogP contribution < -0.4 is 4.74 Å². The fourth-order valence-electron chi connectivity index (χ4n) is 3.36. The van der Waals surface area contributed by atoms with Crippen LogP contribution in [0.3, 0.4) is 0 Å². The minimum Gasteiger partial charge on any atom is -0.493 e. The van der Waals surface area contributed by atoms with Crippen molar-refractivity contribution in [1.82, 2.24) is 14.5 Å². The van der Waals surface area contributed by atoms with Gasteiger partial charge in [-0.05, 0) is 42.7 Å². The number of aromatic nitrogens is 2. The molecule has 0 amide bonds. The second-order valence-electron chi connectivity index (χ2n) is 6.94. The number of benzene rings is 2. The van der Waals surface area contributed by atoms with E-state index in [1.807, 2.05) is 36.4 Å². The second-order valence-corrected chi connectivity index (χ2v) is 8.99. The van der Waals surface area contributed by atoms with Gasteiger partial charge >= 0.3 is 0 Å². The van der Waals surface area contributed by atoms with Crippen LogP contribution in [0.1, 0.15) is 17.7 Å². The van der Waals surface area contributed by atoms with Gasteiger partial charge in [0.15, 0.2) is 0 Å². The van der Waals surface area contributed by atoms with E-state index in [0.29, 0.717) is 24.5 Å². The van der Waals surface area contributed by atoms with E-state index in [0.717, 1.165) is 41.1 Å². The molecule has 0 saturated carbocycles. The Balaban J connectivity index is 1.36. The topological polar surface area (TPSA) is 75.3 Å². The Labute approximate surface area is 165 Å². The molecule has 6 nitrogen and oxygen atoms in total. The highest BCUT2D eigenvalue weighted by Crippen LogP contribution is 2.28.